The lowest BCUT2D eigenvalue weighted by Crippen LogP contribution is -2.27. The first kappa shape index (κ1) is 35.3. The minimum absolute atomic E-state index is 0.151. The Morgan fingerprint density at radius 2 is 0.949 bits per heavy atom. The van der Waals surface area contributed by atoms with E-state index in [1.54, 1.807) is 0 Å². The highest BCUT2D eigenvalue weighted by Gasteiger charge is 2.49. The molecule has 2 aliphatic carbocycles. The molecule has 0 aliphatic heterocycles. The first-order chi connectivity index (χ1) is 29.0. The summed E-state index contributed by atoms with van der Waals surface area (Å²) in [5, 5.41) is 2.64. The van der Waals surface area contributed by atoms with E-state index in [9.17, 15) is 0 Å². The first-order valence-corrected chi connectivity index (χ1v) is 21.1. The maximum absolute atomic E-state index is 2.59. The third-order valence-electron chi connectivity index (χ3n) is 13.2. The summed E-state index contributed by atoms with van der Waals surface area (Å²) in [4.78, 5) is 5.08. The van der Waals surface area contributed by atoms with E-state index in [0.717, 1.165) is 25.7 Å². The molecule has 1 heterocycles. The van der Waals surface area contributed by atoms with Crippen LogP contribution in [-0.4, -0.2) is 4.57 Å². The molecule has 9 aromatic rings. The molecule has 11 rings (SSSR count). The second-order valence-electron chi connectivity index (χ2n) is 16.6. The summed E-state index contributed by atoms with van der Waals surface area (Å²) in [5.41, 5.74) is 20.6. The van der Waals surface area contributed by atoms with Gasteiger partial charge in [-0.1, -0.05) is 103 Å². The van der Waals surface area contributed by atoms with Crippen LogP contribution in [0.4, 0.5) is 34.1 Å². The smallest absolute Gasteiger partial charge is 0.0546 e. The number of rotatable bonds is 7. The van der Waals surface area contributed by atoms with Crippen molar-refractivity contribution in [2.75, 3.05) is 9.80 Å². The Bertz CT molecular complexity index is 2980. The van der Waals surface area contributed by atoms with Gasteiger partial charge in [0.2, 0.25) is 0 Å². The highest BCUT2D eigenvalue weighted by molar-refractivity contribution is 6.14. The fraction of sp³-hybridized carbons (Fsp3) is 0.143. The zero-order valence-corrected chi connectivity index (χ0v) is 34.0. The van der Waals surface area contributed by atoms with Crippen LogP contribution in [-0.2, 0) is 18.3 Å². The van der Waals surface area contributed by atoms with Gasteiger partial charge in [-0.05, 0) is 164 Å². The van der Waals surface area contributed by atoms with E-state index >= 15 is 0 Å². The Morgan fingerprint density at radius 3 is 1.51 bits per heavy atom. The van der Waals surface area contributed by atoms with Crippen LogP contribution in [0.15, 0.2) is 182 Å². The van der Waals surface area contributed by atoms with Crippen molar-refractivity contribution >= 4 is 55.9 Å². The van der Waals surface area contributed by atoms with Gasteiger partial charge in [-0.25, -0.2) is 0 Å². The maximum atomic E-state index is 2.59. The fourth-order valence-corrected chi connectivity index (χ4v) is 10.9. The van der Waals surface area contributed by atoms with E-state index < -0.39 is 0 Å². The van der Waals surface area contributed by atoms with Crippen molar-refractivity contribution in [3.8, 4) is 5.69 Å². The lowest BCUT2D eigenvalue weighted by molar-refractivity contribution is 0.508. The number of aromatic nitrogens is 1. The Hall–Kier alpha value is -6.84. The third-order valence-corrected chi connectivity index (χ3v) is 13.2. The number of nitrogens with zero attached hydrogens (tertiary/aromatic N) is 3. The van der Waals surface area contributed by atoms with E-state index in [4.69, 9.17) is 0 Å². The van der Waals surface area contributed by atoms with Crippen LogP contribution in [0.1, 0.15) is 51.8 Å². The molecule has 3 nitrogen and oxygen atoms in total. The molecule has 0 saturated carbocycles. The second kappa shape index (κ2) is 13.9. The molecule has 0 saturated heterocycles. The second-order valence-corrected chi connectivity index (χ2v) is 16.6. The predicted octanol–water partition coefficient (Wildman–Crippen LogP) is 14.8. The van der Waals surface area contributed by atoms with Gasteiger partial charge in [0.05, 0.1) is 22.4 Å². The molecule has 59 heavy (non-hydrogen) atoms. The van der Waals surface area contributed by atoms with Crippen LogP contribution in [0.3, 0.4) is 0 Å². The van der Waals surface area contributed by atoms with Crippen molar-refractivity contribution < 1.29 is 0 Å². The lowest BCUT2D eigenvalue weighted by Gasteiger charge is -2.37. The van der Waals surface area contributed by atoms with Gasteiger partial charge in [-0.15, -0.1) is 0 Å². The number of benzene rings is 8. The summed E-state index contributed by atoms with van der Waals surface area (Å²) in [6.07, 6.45) is 4.29. The molecule has 0 radical (unpaired) electrons. The average Bonchev–Trinajstić information content (AvgIpc) is 3.96. The van der Waals surface area contributed by atoms with Crippen LogP contribution in [0.25, 0.3) is 27.5 Å². The van der Waals surface area contributed by atoms with E-state index in [1.165, 1.54) is 101 Å². The molecule has 1 atom stereocenters. The molecule has 0 fully saturated rings. The fourth-order valence-electron chi connectivity index (χ4n) is 10.9. The average molecular weight is 762 g/mol. The highest BCUT2D eigenvalue weighted by atomic mass is 15.2. The summed E-state index contributed by atoms with van der Waals surface area (Å²) in [6.45, 7) is 6.84. The standard InChI is InChI=1S/C56H47N3/c1-38-36-39(2)52-51(37-38)59(46-26-14-7-15-27-46)48-31-30-47(40(3)53(48)52)58(45-24-12-6-13-25-45)50-29-17-19-42-33-35-56(55(42)50)34-32-41-18-16-28-49(54(41)56)57(43-20-8-4-9-21-43)44-22-10-5-11-23-44/h4-31,36-37H,32-35H2,1-3H3/t56-/m1/s1. The molecular formula is C56H47N3. The quantitative estimate of drug-likeness (QED) is 0.160. The normalized spacial score (nSPS) is 15.5. The summed E-state index contributed by atoms with van der Waals surface area (Å²) in [5.74, 6) is 0. The molecule has 8 aromatic carbocycles. The predicted molar refractivity (Wildman–Crippen MR) is 248 cm³/mol. The van der Waals surface area contributed by atoms with E-state index in [0.29, 0.717) is 0 Å². The Labute approximate surface area is 347 Å². The van der Waals surface area contributed by atoms with E-state index in [1.807, 2.05) is 0 Å². The van der Waals surface area contributed by atoms with E-state index in [2.05, 4.69) is 217 Å². The van der Waals surface area contributed by atoms with Gasteiger partial charge in [0.15, 0.2) is 0 Å². The number of aryl methyl sites for hydroxylation is 5. The SMILES string of the molecule is Cc1cc(C)c2c3c(C)c(N(c4ccccc4)c4cccc5c4[C@]4(CCc6cccc(N(c7ccccc7)c7ccccc7)c64)CC5)ccc3n(-c3ccccc3)c2c1. The number of para-hydroxylation sites is 4. The number of hydrogen-bond donors (Lipinski definition) is 0. The van der Waals surface area contributed by atoms with Gasteiger partial charge in [-0.2, -0.15) is 0 Å². The van der Waals surface area contributed by atoms with Crippen LogP contribution in [0, 0.1) is 20.8 Å². The van der Waals surface area contributed by atoms with Crippen molar-refractivity contribution in [3.63, 3.8) is 0 Å². The number of anilines is 6. The van der Waals surface area contributed by atoms with Crippen molar-refractivity contribution in [3.05, 3.63) is 221 Å². The zero-order chi connectivity index (χ0) is 39.7. The van der Waals surface area contributed by atoms with Gasteiger partial charge >= 0.3 is 0 Å². The molecule has 0 bridgehead atoms. The van der Waals surface area contributed by atoms with Gasteiger partial charge in [-0.3, -0.25) is 0 Å². The molecule has 2 aliphatic rings. The first-order valence-electron chi connectivity index (χ1n) is 21.1. The topological polar surface area (TPSA) is 11.4 Å². The summed E-state index contributed by atoms with van der Waals surface area (Å²) >= 11 is 0. The maximum Gasteiger partial charge on any atom is 0.0546 e. The van der Waals surface area contributed by atoms with Crippen LogP contribution in [0.2, 0.25) is 0 Å². The molecular weight excluding hydrogens is 715 g/mol. The summed E-state index contributed by atoms with van der Waals surface area (Å²) < 4.78 is 2.46. The van der Waals surface area contributed by atoms with Crippen molar-refractivity contribution in [2.45, 2.75) is 51.9 Å². The Balaban J connectivity index is 1.17. The highest BCUT2D eigenvalue weighted by Crippen LogP contribution is 2.60. The Kier molecular flexibility index (Phi) is 8.34. The monoisotopic (exact) mass is 761 g/mol. The summed E-state index contributed by atoms with van der Waals surface area (Å²) in [7, 11) is 0. The molecule has 0 unspecified atom stereocenters. The van der Waals surface area contributed by atoms with Gasteiger partial charge in [0, 0.05) is 44.6 Å². The lowest BCUT2D eigenvalue weighted by atomic mass is 9.74. The zero-order valence-electron chi connectivity index (χ0n) is 34.0. The van der Waals surface area contributed by atoms with Crippen molar-refractivity contribution in [1.29, 1.82) is 0 Å². The molecule has 0 amide bonds. The van der Waals surface area contributed by atoms with Crippen LogP contribution < -0.4 is 9.80 Å². The summed E-state index contributed by atoms with van der Waals surface area (Å²) in [6, 6.07) is 67.4. The van der Waals surface area contributed by atoms with Crippen LogP contribution in [0.5, 0.6) is 0 Å². The number of fused-ring (bicyclic) bond motifs is 7. The minimum Gasteiger partial charge on any atom is -0.310 e. The van der Waals surface area contributed by atoms with Crippen LogP contribution >= 0.6 is 0 Å². The minimum atomic E-state index is -0.151. The van der Waals surface area contributed by atoms with E-state index in [-0.39, 0.29) is 5.41 Å². The molecule has 1 spiro atoms. The van der Waals surface area contributed by atoms with Crippen molar-refractivity contribution in [1.82, 2.24) is 4.57 Å². The van der Waals surface area contributed by atoms with Gasteiger partial charge in [0.25, 0.3) is 0 Å². The third kappa shape index (κ3) is 5.48. The molecule has 1 aromatic heterocycles. The Morgan fingerprint density at radius 1 is 0.441 bits per heavy atom. The van der Waals surface area contributed by atoms with Gasteiger partial charge < -0.3 is 14.4 Å². The largest absolute Gasteiger partial charge is 0.310 e. The van der Waals surface area contributed by atoms with Gasteiger partial charge in [0.1, 0.15) is 0 Å². The molecule has 0 N–H and O–H groups in total. The number of hydrogen-bond acceptors (Lipinski definition) is 2. The molecule has 3 heteroatoms. The van der Waals surface area contributed by atoms with Crippen molar-refractivity contribution in [2.24, 2.45) is 0 Å². The molecule has 286 valence electrons.